The van der Waals surface area contributed by atoms with E-state index in [1.54, 1.807) is 29.3 Å². The van der Waals surface area contributed by atoms with Crippen molar-refractivity contribution in [2.45, 2.75) is 43.9 Å². The number of hydrogen-bond donors (Lipinski definition) is 0. The monoisotopic (exact) mass is 347 g/mol. The van der Waals surface area contributed by atoms with E-state index >= 15 is 0 Å². The Labute approximate surface area is 147 Å². The van der Waals surface area contributed by atoms with Gasteiger partial charge >= 0.3 is 5.97 Å². The number of aromatic nitrogens is 1. The first-order chi connectivity index (χ1) is 11.6. The highest BCUT2D eigenvalue weighted by atomic mass is 32.2. The van der Waals surface area contributed by atoms with Gasteiger partial charge in [-0.3, -0.25) is 9.59 Å². The number of thioether (sulfide) groups is 1. The fraction of sp³-hybridized carbons (Fsp3) is 0.474. The first kappa shape index (κ1) is 18.6. The summed E-state index contributed by atoms with van der Waals surface area (Å²) in [6.45, 7) is 2.33. The van der Waals surface area contributed by atoms with Crippen molar-refractivity contribution in [3.8, 4) is 0 Å². The van der Waals surface area contributed by atoms with E-state index in [1.807, 2.05) is 25.2 Å². The van der Waals surface area contributed by atoms with Gasteiger partial charge < -0.3 is 9.30 Å². The number of nitrogens with zero attached hydrogens (tertiary/aromatic N) is 1. The summed E-state index contributed by atoms with van der Waals surface area (Å²) in [6, 6.07) is 9.75. The summed E-state index contributed by atoms with van der Waals surface area (Å²) < 4.78 is 6.75. The van der Waals surface area contributed by atoms with Gasteiger partial charge in [-0.05, 0) is 24.7 Å². The smallest absolute Gasteiger partial charge is 0.305 e. The summed E-state index contributed by atoms with van der Waals surface area (Å²) in [4.78, 5) is 24.1. The summed E-state index contributed by atoms with van der Waals surface area (Å²) in [6.07, 6.45) is 4.64. The first-order valence-electron chi connectivity index (χ1n) is 8.50. The van der Waals surface area contributed by atoms with Crippen LogP contribution >= 0.6 is 11.8 Å². The average molecular weight is 347 g/mol. The number of benzene rings is 1. The van der Waals surface area contributed by atoms with Crippen LogP contribution in [-0.4, -0.2) is 22.9 Å². The zero-order valence-corrected chi connectivity index (χ0v) is 15.2. The van der Waals surface area contributed by atoms with Crippen LogP contribution in [0, 0.1) is 0 Å². The van der Waals surface area contributed by atoms with Crippen molar-refractivity contribution in [2.75, 3.05) is 12.4 Å². The second-order valence-corrected chi connectivity index (χ2v) is 6.90. The van der Waals surface area contributed by atoms with Crippen LogP contribution in [0.5, 0.6) is 0 Å². The van der Waals surface area contributed by atoms with Crippen molar-refractivity contribution in [3.05, 3.63) is 40.7 Å². The molecule has 0 atom stereocenters. The van der Waals surface area contributed by atoms with E-state index in [0.29, 0.717) is 13.0 Å². The van der Waals surface area contributed by atoms with Crippen molar-refractivity contribution >= 4 is 28.6 Å². The van der Waals surface area contributed by atoms with Crippen LogP contribution in [0.15, 0.2) is 40.0 Å². The van der Waals surface area contributed by atoms with Crippen LogP contribution in [0.1, 0.15) is 39.0 Å². The third-order valence-electron chi connectivity index (χ3n) is 3.96. The second kappa shape index (κ2) is 9.52. The Morgan fingerprint density at radius 1 is 1.17 bits per heavy atom. The molecule has 0 aliphatic rings. The summed E-state index contributed by atoms with van der Waals surface area (Å²) in [5.41, 5.74) is 1.01. The minimum Gasteiger partial charge on any atom is -0.466 e. The maximum absolute atomic E-state index is 12.0. The largest absolute Gasteiger partial charge is 0.466 e. The zero-order valence-electron chi connectivity index (χ0n) is 14.4. The maximum atomic E-state index is 12.0. The molecule has 24 heavy (non-hydrogen) atoms. The van der Waals surface area contributed by atoms with Crippen LogP contribution in [0.3, 0.4) is 0 Å². The molecule has 0 N–H and O–H groups in total. The highest BCUT2D eigenvalue weighted by molar-refractivity contribution is 7.99. The van der Waals surface area contributed by atoms with Gasteiger partial charge in [-0.2, -0.15) is 0 Å². The first-order valence-corrected chi connectivity index (χ1v) is 9.49. The van der Waals surface area contributed by atoms with Gasteiger partial charge in [-0.1, -0.05) is 38.0 Å². The molecule has 4 nitrogen and oxygen atoms in total. The topological polar surface area (TPSA) is 48.3 Å². The quantitative estimate of drug-likeness (QED) is 0.388. The Balaban J connectivity index is 1.77. The van der Waals surface area contributed by atoms with Crippen LogP contribution in [0.25, 0.3) is 10.9 Å². The number of fused-ring (bicyclic) bond motifs is 1. The zero-order chi connectivity index (χ0) is 17.4. The summed E-state index contributed by atoms with van der Waals surface area (Å²) in [7, 11) is 1.81. The minimum atomic E-state index is -0.122. The van der Waals surface area contributed by atoms with E-state index in [0.717, 1.165) is 47.2 Å². The molecule has 0 aliphatic heterocycles. The van der Waals surface area contributed by atoms with Crippen molar-refractivity contribution in [1.82, 2.24) is 4.57 Å². The van der Waals surface area contributed by atoms with Crippen molar-refractivity contribution in [2.24, 2.45) is 7.05 Å². The van der Waals surface area contributed by atoms with Crippen molar-refractivity contribution < 1.29 is 9.53 Å². The van der Waals surface area contributed by atoms with E-state index < -0.39 is 0 Å². The average Bonchev–Trinajstić information content (AvgIpc) is 2.61. The number of aryl methyl sites for hydroxylation is 1. The molecule has 0 spiro atoms. The number of pyridine rings is 1. The number of hydrogen-bond acceptors (Lipinski definition) is 4. The predicted octanol–water partition coefficient (Wildman–Crippen LogP) is 4.14. The summed E-state index contributed by atoms with van der Waals surface area (Å²) >= 11 is 1.75. The number of carbonyl (C=O) groups is 1. The Hall–Kier alpha value is -1.75. The maximum Gasteiger partial charge on any atom is 0.305 e. The van der Waals surface area contributed by atoms with Gasteiger partial charge in [0, 0.05) is 29.8 Å². The molecule has 1 heterocycles. The Morgan fingerprint density at radius 3 is 2.71 bits per heavy atom. The minimum absolute atomic E-state index is 0.0361. The van der Waals surface area contributed by atoms with Crippen LogP contribution in [0.4, 0.5) is 0 Å². The Morgan fingerprint density at radius 2 is 1.92 bits per heavy atom. The fourth-order valence-electron chi connectivity index (χ4n) is 2.53. The molecule has 5 heteroatoms. The third-order valence-corrected chi connectivity index (χ3v) is 5.11. The standard InChI is InChI=1S/C19H25NO3S/c1-3-19(22)23-12-8-4-5-9-13-24-17-14-18(21)20(2)16-11-7-6-10-15(16)17/h6-7,10-11,14H,3-5,8-9,12-13H2,1-2H3. The molecule has 0 unspecified atom stereocenters. The molecule has 0 saturated carbocycles. The molecule has 0 amide bonds. The van der Waals surface area contributed by atoms with E-state index in [9.17, 15) is 9.59 Å². The molecule has 130 valence electrons. The molecule has 1 aromatic carbocycles. The van der Waals surface area contributed by atoms with E-state index in [1.165, 1.54) is 0 Å². The third kappa shape index (κ3) is 5.13. The van der Waals surface area contributed by atoms with E-state index in [2.05, 4.69) is 6.07 Å². The molecule has 1 aromatic heterocycles. The van der Waals surface area contributed by atoms with Gasteiger partial charge in [0.05, 0.1) is 12.1 Å². The number of rotatable bonds is 9. The number of ether oxygens (including phenoxy) is 1. The van der Waals surface area contributed by atoms with E-state index in [-0.39, 0.29) is 11.5 Å². The van der Waals surface area contributed by atoms with Crippen LogP contribution < -0.4 is 5.56 Å². The summed E-state index contributed by atoms with van der Waals surface area (Å²) in [5.74, 6) is 0.870. The lowest BCUT2D eigenvalue weighted by molar-refractivity contribution is -0.143. The molecule has 0 radical (unpaired) electrons. The van der Waals surface area contributed by atoms with Gasteiger partial charge in [0.2, 0.25) is 0 Å². The van der Waals surface area contributed by atoms with Gasteiger partial charge in [0.15, 0.2) is 0 Å². The van der Waals surface area contributed by atoms with Crippen molar-refractivity contribution in [1.29, 1.82) is 0 Å². The molecular formula is C19H25NO3S. The molecule has 0 fully saturated rings. The number of esters is 1. The molecule has 0 bridgehead atoms. The highest BCUT2D eigenvalue weighted by Crippen LogP contribution is 2.27. The highest BCUT2D eigenvalue weighted by Gasteiger charge is 2.06. The Bertz CT molecular complexity index is 739. The van der Waals surface area contributed by atoms with Gasteiger partial charge in [-0.15, -0.1) is 11.8 Å². The van der Waals surface area contributed by atoms with E-state index in [4.69, 9.17) is 4.74 Å². The van der Waals surface area contributed by atoms with Gasteiger partial charge in [0.25, 0.3) is 5.56 Å². The van der Waals surface area contributed by atoms with Gasteiger partial charge in [0.1, 0.15) is 0 Å². The predicted molar refractivity (Wildman–Crippen MR) is 99.6 cm³/mol. The SMILES string of the molecule is CCC(=O)OCCCCCCSc1cc(=O)n(C)c2ccccc12. The molecule has 2 aromatic rings. The molecule has 0 aliphatic carbocycles. The number of carbonyl (C=O) groups excluding carboxylic acids is 1. The lowest BCUT2D eigenvalue weighted by Gasteiger charge is -2.09. The van der Waals surface area contributed by atoms with Gasteiger partial charge in [-0.25, -0.2) is 0 Å². The lowest BCUT2D eigenvalue weighted by atomic mass is 10.2. The second-order valence-electron chi connectivity index (χ2n) is 5.76. The van der Waals surface area contributed by atoms with Crippen LogP contribution in [0.2, 0.25) is 0 Å². The Kier molecular flexibility index (Phi) is 7.37. The van der Waals surface area contributed by atoms with Crippen LogP contribution in [-0.2, 0) is 16.6 Å². The summed E-state index contributed by atoms with van der Waals surface area (Å²) in [5, 5.41) is 1.14. The fourth-order valence-corrected chi connectivity index (χ4v) is 3.61. The lowest BCUT2D eigenvalue weighted by Crippen LogP contribution is -2.16. The molecule has 2 rings (SSSR count). The number of para-hydroxylation sites is 1. The molecular weight excluding hydrogens is 322 g/mol. The number of unbranched alkanes of at least 4 members (excludes halogenated alkanes) is 3. The van der Waals surface area contributed by atoms with Crippen molar-refractivity contribution in [3.63, 3.8) is 0 Å². The molecule has 0 saturated heterocycles. The normalized spacial score (nSPS) is 10.9.